The number of ketones is 1. The predicted molar refractivity (Wildman–Crippen MR) is 121 cm³/mol. The van der Waals surface area contributed by atoms with E-state index in [9.17, 15) is 4.79 Å². The molecule has 0 atom stereocenters. The lowest BCUT2D eigenvalue weighted by Gasteiger charge is -2.09. The highest BCUT2D eigenvalue weighted by Gasteiger charge is 2.28. The Morgan fingerprint density at radius 1 is 0.517 bits per heavy atom. The van der Waals surface area contributed by atoms with Crippen molar-refractivity contribution in [3.63, 3.8) is 0 Å². The van der Waals surface area contributed by atoms with Crippen molar-refractivity contribution in [2.24, 2.45) is 0 Å². The van der Waals surface area contributed by atoms with E-state index in [1.807, 2.05) is 42.5 Å². The average molecular weight is 396 g/mol. The lowest BCUT2D eigenvalue weighted by molar-refractivity contribution is 0.103. The van der Waals surface area contributed by atoms with E-state index in [-0.39, 0.29) is 16.7 Å². The zero-order valence-electron chi connectivity index (χ0n) is 16.6. The van der Waals surface area contributed by atoms with E-state index < -0.39 is 0 Å². The molecule has 0 N–H and O–H groups in total. The van der Waals surface area contributed by atoms with Crippen LogP contribution < -0.4 is 0 Å². The van der Waals surface area contributed by atoms with Crippen LogP contribution in [0.5, 0.6) is 0 Å². The summed E-state index contributed by atoms with van der Waals surface area (Å²) in [4.78, 5) is 16.5. The van der Waals surface area contributed by atoms with Gasteiger partial charge < -0.3 is 0 Å². The van der Waals surface area contributed by atoms with Gasteiger partial charge in [-0.3, -0.25) is 4.79 Å². The molecule has 4 rings (SSSR count). The molecule has 142 valence electrons. The quantitative estimate of drug-likeness (QED) is 0.274. The molecular weight excluding hydrogens is 372 g/mol. The van der Waals surface area contributed by atoms with Gasteiger partial charge >= 0.3 is 0 Å². The van der Waals surface area contributed by atoms with Crippen LogP contribution in [0.3, 0.4) is 0 Å². The molecule has 0 saturated heterocycles. The zero-order valence-corrected chi connectivity index (χ0v) is 17.4. The summed E-state index contributed by atoms with van der Waals surface area (Å²) in [5.41, 5.74) is 3.95. The fraction of sp³-hybridized carbons (Fsp3) is 0.0741. The van der Waals surface area contributed by atoms with Gasteiger partial charge in [0.25, 0.3) is 0 Å². The molecule has 0 aliphatic rings. The van der Waals surface area contributed by atoms with E-state index >= 15 is 0 Å². The van der Waals surface area contributed by atoms with Crippen LogP contribution in [0.1, 0.15) is 27.0 Å². The van der Waals surface area contributed by atoms with Gasteiger partial charge in [-0.25, -0.2) is 0 Å². The van der Waals surface area contributed by atoms with Gasteiger partial charge in [-0.05, 0) is 62.4 Å². The molecule has 1 nitrogen and oxygen atoms in total. The van der Waals surface area contributed by atoms with Crippen molar-refractivity contribution in [2.75, 3.05) is 0 Å². The van der Waals surface area contributed by atoms with E-state index in [2.05, 4.69) is 74.5 Å². The molecule has 0 aromatic heterocycles. The summed E-state index contributed by atoms with van der Waals surface area (Å²) >= 11 is 0. The van der Waals surface area contributed by atoms with Crippen LogP contribution in [0.15, 0.2) is 118 Å². The molecule has 29 heavy (non-hydrogen) atoms. The second-order valence-corrected chi connectivity index (χ2v) is 9.18. The van der Waals surface area contributed by atoms with Gasteiger partial charge in [0.1, 0.15) is 0 Å². The molecule has 0 bridgehead atoms. The van der Waals surface area contributed by atoms with Gasteiger partial charge in [-0.1, -0.05) is 65.7 Å². The van der Waals surface area contributed by atoms with Crippen LogP contribution >= 0.6 is 0 Å². The Balaban J connectivity index is 1.72. The van der Waals surface area contributed by atoms with Gasteiger partial charge in [-0.15, -0.1) is 0 Å². The minimum atomic E-state index is -0.208. The lowest BCUT2D eigenvalue weighted by Crippen LogP contribution is -2.06. The third kappa shape index (κ3) is 4.33. The minimum Gasteiger partial charge on any atom is -0.289 e. The van der Waals surface area contributed by atoms with Gasteiger partial charge in [0.15, 0.2) is 20.5 Å². The molecule has 0 heterocycles. The van der Waals surface area contributed by atoms with Crippen molar-refractivity contribution >= 4 is 16.7 Å². The molecule has 4 aromatic rings. The predicted octanol–water partition coefficient (Wildman–Crippen LogP) is 6.63. The highest BCUT2D eigenvalue weighted by molar-refractivity contribution is 7.97. The monoisotopic (exact) mass is 395 g/mol. The SMILES string of the molecule is Cc1ccc([S+](c2ccc(C)cc2)c2ccc(C(=O)c3ccccc3)cc2)cc1. The Bertz CT molecular complexity index is 1050. The summed E-state index contributed by atoms with van der Waals surface area (Å²) in [6.45, 7) is 4.22. The van der Waals surface area contributed by atoms with Crippen molar-refractivity contribution in [2.45, 2.75) is 28.5 Å². The fourth-order valence-corrected chi connectivity index (χ4v) is 5.30. The lowest BCUT2D eigenvalue weighted by atomic mass is 10.0. The van der Waals surface area contributed by atoms with Crippen LogP contribution in [-0.2, 0) is 10.9 Å². The maximum Gasteiger partial charge on any atom is 0.193 e. The molecule has 0 unspecified atom stereocenters. The largest absolute Gasteiger partial charge is 0.289 e. The smallest absolute Gasteiger partial charge is 0.193 e. The van der Waals surface area contributed by atoms with Crippen molar-refractivity contribution in [3.8, 4) is 0 Å². The van der Waals surface area contributed by atoms with E-state index in [0.29, 0.717) is 0 Å². The first-order valence-electron chi connectivity index (χ1n) is 9.69. The molecule has 2 heteroatoms. The molecule has 0 radical (unpaired) electrons. The van der Waals surface area contributed by atoms with Crippen LogP contribution in [0, 0.1) is 13.8 Å². The van der Waals surface area contributed by atoms with Crippen molar-refractivity contribution in [1.29, 1.82) is 0 Å². The van der Waals surface area contributed by atoms with E-state index in [1.54, 1.807) is 0 Å². The molecule has 0 amide bonds. The topological polar surface area (TPSA) is 17.1 Å². The Morgan fingerprint density at radius 3 is 1.34 bits per heavy atom. The summed E-state index contributed by atoms with van der Waals surface area (Å²) in [5, 5.41) is 0. The second-order valence-electron chi connectivity index (χ2n) is 7.15. The number of carbonyl (C=O) groups excluding carboxylic acids is 1. The van der Waals surface area contributed by atoms with Crippen LogP contribution in [0.2, 0.25) is 0 Å². The summed E-state index contributed by atoms with van der Waals surface area (Å²) in [6.07, 6.45) is 0. The highest BCUT2D eigenvalue weighted by Crippen LogP contribution is 2.32. The molecule has 0 spiro atoms. The fourth-order valence-electron chi connectivity index (χ4n) is 3.26. The first-order valence-corrected chi connectivity index (χ1v) is 10.9. The number of carbonyl (C=O) groups is 1. The van der Waals surface area contributed by atoms with Crippen LogP contribution in [-0.4, -0.2) is 5.78 Å². The molecule has 0 aliphatic carbocycles. The minimum absolute atomic E-state index is 0.0581. The van der Waals surface area contributed by atoms with Crippen molar-refractivity contribution in [1.82, 2.24) is 0 Å². The van der Waals surface area contributed by atoms with E-state index in [4.69, 9.17) is 0 Å². The van der Waals surface area contributed by atoms with Crippen LogP contribution in [0.25, 0.3) is 0 Å². The van der Waals surface area contributed by atoms with Gasteiger partial charge in [0.05, 0.1) is 10.9 Å². The number of benzene rings is 4. The highest BCUT2D eigenvalue weighted by atomic mass is 32.2. The average Bonchev–Trinajstić information content (AvgIpc) is 2.77. The van der Waals surface area contributed by atoms with Gasteiger partial charge in [-0.2, -0.15) is 0 Å². The number of hydrogen-bond acceptors (Lipinski definition) is 1. The zero-order chi connectivity index (χ0) is 20.2. The molecule has 0 saturated carbocycles. The van der Waals surface area contributed by atoms with Gasteiger partial charge in [0.2, 0.25) is 0 Å². The molecule has 0 fully saturated rings. The standard InChI is InChI=1S/C27H23OS/c1-20-8-14-24(15-9-20)29(25-16-10-21(2)11-17-25)26-18-12-23(13-19-26)27(28)22-6-4-3-5-7-22/h3-19H,1-2H3/q+1. The Morgan fingerprint density at radius 2 is 0.897 bits per heavy atom. The van der Waals surface area contributed by atoms with Crippen LogP contribution in [0.4, 0.5) is 0 Å². The summed E-state index contributed by atoms with van der Waals surface area (Å²) < 4.78 is 0. The summed E-state index contributed by atoms with van der Waals surface area (Å²) in [7, 11) is -0.208. The molecule has 4 aromatic carbocycles. The normalized spacial score (nSPS) is 10.9. The first-order chi connectivity index (χ1) is 14.1. The third-order valence-corrected chi connectivity index (χ3v) is 7.13. The molecule has 0 aliphatic heterocycles. The Labute approximate surface area is 175 Å². The van der Waals surface area contributed by atoms with Crippen molar-refractivity contribution in [3.05, 3.63) is 125 Å². The maximum absolute atomic E-state index is 12.7. The van der Waals surface area contributed by atoms with Crippen molar-refractivity contribution < 1.29 is 4.79 Å². The Kier molecular flexibility index (Phi) is 5.64. The van der Waals surface area contributed by atoms with E-state index in [0.717, 1.165) is 11.1 Å². The van der Waals surface area contributed by atoms with E-state index in [1.165, 1.54) is 25.8 Å². The van der Waals surface area contributed by atoms with Gasteiger partial charge in [0, 0.05) is 11.1 Å². The summed E-state index contributed by atoms with van der Waals surface area (Å²) in [5.74, 6) is 0.0581. The second kappa shape index (κ2) is 8.50. The number of hydrogen-bond donors (Lipinski definition) is 0. The number of rotatable bonds is 5. The number of aryl methyl sites for hydroxylation is 2. The third-order valence-electron chi connectivity index (χ3n) is 4.90. The molecular formula is C27H23OS+. The maximum atomic E-state index is 12.7. The summed E-state index contributed by atoms with van der Waals surface area (Å²) in [6, 6.07) is 35.0. The first kappa shape index (κ1) is 19.2. The Hall–Kier alpha value is -3.10.